The molecule has 0 N–H and O–H groups in total. The highest BCUT2D eigenvalue weighted by atomic mass is 19.4. The molecule has 0 spiro atoms. The fourth-order valence-corrected chi connectivity index (χ4v) is 2.16. The van der Waals surface area contributed by atoms with Gasteiger partial charge in [-0.05, 0) is 12.1 Å². The Morgan fingerprint density at radius 1 is 1.08 bits per heavy atom. The van der Waals surface area contributed by atoms with E-state index >= 15 is 0 Å². The standard InChI is InChI=1S/C11H9NO3.C3F6O/c13-10-8-3-1-2-4-9(8)11(14)12(10)5-7-6-15-7;4-1(2(5,6)7)3(8,9)10-1/h1-4,7H,5-6H2;. The van der Waals surface area contributed by atoms with Crippen LogP contribution in [0.15, 0.2) is 24.3 Å². The number of amides is 2. The van der Waals surface area contributed by atoms with Gasteiger partial charge in [-0.25, -0.2) is 0 Å². The summed E-state index contributed by atoms with van der Waals surface area (Å²) in [5.74, 6) is -5.16. The van der Waals surface area contributed by atoms with Gasteiger partial charge in [-0.2, -0.15) is 26.3 Å². The number of imide groups is 1. The number of ether oxygens (including phenoxy) is 2. The summed E-state index contributed by atoms with van der Waals surface area (Å²) < 4.78 is 75.4. The molecular weight excluding hydrogens is 360 g/mol. The average molecular weight is 369 g/mol. The van der Waals surface area contributed by atoms with Crippen molar-refractivity contribution in [3.05, 3.63) is 35.4 Å². The first-order valence-corrected chi connectivity index (χ1v) is 6.88. The van der Waals surface area contributed by atoms with Crippen molar-refractivity contribution in [3.63, 3.8) is 0 Å². The molecule has 2 amide bonds. The molecule has 2 unspecified atom stereocenters. The number of alkyl halides is 6. The van der Waals surface area contributed by atoms with Crippen LogP contribution in [0.1, 0.15) is 20.7 Å². The summed E-state index contributed by atoms with van der Waals surface area (Å²) in [7, 11) is 0. The molecule has 0 bridgehead atoms. The van der Waals surface area contributed by atoms with Crippen LogP contribution in [0.3, 0.4) is 0 Å². The summed E-state index contributed by atoms with van der Waals surface area (Å²) in [6, 6.07) is 6.90. The molecule has 3 aliphatic heterocycles. The van der Waals surface area contributed by atoms with Gasteiger partial charge >= 0.3 is 18.1 Å². The van der Waals surface area contributed by atoms with Crippen LogP contribution < -0.4 is 0 Å². The Balaban J connectivity index is 0.000000160. The highest BCUT2D eigenvalue weighted by Gasteiger charge is 2.90. The normalized spacial score (nSPS) is 29.0. The molecule has 136 valence electrons. The lowest BCUT2D eigenvalue weighted by molar-refractivity contribution is -0.231. The lowest BCUT2D eigenvalue weighted by Gasteiger charge is -2.10. The van der Waals surface area contributed by atoms with Crippen molar-refractivity contribution in [2.45, 2.75) is 24.2 Å². The minimum absolute atomic E-state index is 0.0483. The number of hydrogen-bond donors (Lipinski definition) is 0. The minimum Gasteiger partial charge on any atom is -0.371 e. The van der Waals surface area contributed by atoms with Gasteiger partial charge in [-0.1, -0.05) is 12.1 Å². The van der Waals surface area contributed by atoms with Gasteiger partial charge in [0.15, 0.2) is 0 Å². The van der Waals surface area contributed by atoms with E-state index in [1.807, 2.05) is 0 Å². The topological polar surface area (TPSA) is 62.4 Å². The van der Waals surface area contributed by atoms with E-state index in [-0.39, 0.29) is 17.9 Å². The predicted octanol–water partition coefficient (Wildman–Crippen LogP) is 2.52. The molecule has 3 aliphatic rings. The first-order valence-electron chi connectivity index (χ1n) is 6.88. The average Bonchev–Trinajstić information content (AvgIpc) is 3.40. The highest BCUT2D eigenvalue weighted by Crippen LogP contribution is 2.60. The highest BCUT2D eigenvalue weighted by molar-refractivity contribution is 6.21. The molecule has 2 saturated heterocycles. The number of carbonyl (C=O) groups excluding carboxylic acids is 2. The number of rotatable bonds is 2. The molecule has 2 atom stereocenters. The zero-order valence-electron chi connectivity index (χ0n) is 12.1. The summed E-state index contributed by atoms with van der Waals surface area (Å²) in [5, 5.41) is 0. The van der Waals surface area contributed by atoms with E-state index in [0.717, 1.165) is 0 Å². The lowest BCUT2D eigenvalue weighted by Crippen LogP contribution is -2.33. The summed E-state index contributed by atoms with van der Waals surface area (Å²) in [5.41, 5.74) is 1.01. The third-order valence-electron chi connectivity index (χ3n) is 3.63. The fourth-order valence-electron chi connectivity index (χ4n) is 2.16. The van der Waals surface area contributed by atoms with Gasteiger partial charge < -0.3 is 4.74 Å². The summed E-state index contributed by atoms with van der Waals surface area (Å²) in [6.07, 6.45) is -10.3. The molecule has 0 saturated carbocycles. The number of halogens is 6. The van der Waals surface area contributed by atoms with E-state index in [1.165, 1.54) is 4.90 Å². The number of hydrogen-bond acceptors (Lipinski definition) is 4. The Morgan fingerprint density at radius 2 is 1.52 bits per heavy atom. The second kappa shape index (κ2) is 5.43. The van der Waals surface area contributed by atoms with Crippen molar-refractivity contribution in [1.29, 1.82) is 0 Å². The van der Waals surface area contributed by atoms with Crippen molar-refractivity contribution in [2.24, 2.45) is 0 Å². The fraction of sp³-hybridized carbons (Fsp3) is 0.429. The maximum absolute atomic E-state index is 11.8. The molecule has 0 radical (unpaired) electrons. The van der Waals surface area contributed by atoms with Crippen LogP contribution in [-0.4, -0.2) is 54.1 Å². The third kappa shape index (κ3) is 2.97. The first kappa shape index (κ1) is 17.7. The zero-order chi connectivity index (χ0) is 18.6. The number of benzene rings is 1. The van der Waals surface area contributed by atoms with Gasteiger partial charge in [-0.3, -0.25) is 19.2 Å². The minimum atomic E-state index is -5.66. The third-order valence-corrected chi connectivity index (χ3v) is 3.63. The van der Waals surface area contributed by atoms with E-state index in [9.17, 15) is 35.9 Å². The molecule has 5 nitrogen and oxygen atoms in total. The monoisotopic (exact) mass is 369 g/mol. The Hall–Kier alpha value is -2.14. The molecular formula is C14H9F6NO4. The predicted molar refractivity (Wildman–Crippen MR) is 67.5 cm³/mol. The summed E-state index contributed by atoms with van der Waals surface area (Å²) >= 11 is 0. The van der Waals surface area contributed by atoms with E-state index < -0.39 is 18.1 Å². The largest absolute Gasteiger partial charge is 0.458 e. The number of fused-ring (bicyclic) bond motifs is 1. The Morgan fingerprint density at radius 3 is 1.80 bits per heavy atom. The SMILES string of the molecule is FC(F)(F)C1(F)OC1(F)F.O=C1c2ccccc2C(=O)N1CC1CO1. The van der Waals surface area contributed by atoms with Crippen LogP contribution in [0, 0.1) is 0 Å². The van der Waals surface area contributed by atoms with Crippen molar-refractivity contribution >= 4 is 11.8 Å². The molecule has 4 rings (SSSR count). The van der Waals surface area contributed by atoms with Gasteiger partial charge in [-0.15, -0.1) is 0 Å². The molecule has 2 fully saturated rings. The van der Waals surface area contributed by atoms with Gasteiger partial charge in [0.1, 0.15) is 0 Å². The molecule has 0 aliphatic carbocycles. The number of epoxide rings is 2. The lowest BCUT2D eigenvalue weighted by atomic mass is 10.1. The second-order valence-electron chi connectivity index (χ2n) is 5.43. The molecule has 0 aromatic heterocycles. The van der Waals surface area contributed by atoms with Crippen molar-refractivity contribution < 1.29 is 45.4 Å². The maximum Gasteiger partial charge on any atom is 0.458 e. The second-order valence-corrected chi connectivity index (χ2v) is 5.43. The Bertz CT molecular complexity index is 697. The van der Waals surface area contributed by atoms with Gasteiger partial charge in [0, 0.05) is 0 Å². The van der Waals surface area contributed by atoms with Gasteiger partial charge in [0.25, 0.3) is 11.8 Å². The summed E-state index contributed by atoms with van der Waals surface area (Å²) in [6.45, 7) is 1.03. The Kier molecular flexibility index (Phi) is 3.84. The van der Waals surface area contributed by atoms with Crippen LogP contribution >= 0.6 is 0 Å². The van der Waals surface area contributed by atoms with Gasteiger partial charge in [0.2, 0.25) is 0 Å². The van der Waals surface area contributed by atoms with Crippen LogP contribution in [0.25, 0.3) is 0 Å². The quantitative estimate of drug-likeness (QED) is 0.457. The van der Waals surface area contributed by atoms with E-state index in [0.29, 0.717) is 24.3 Å². The summed E-state index contributed by atoms with van der Waals surface area (Å²) in [4.78, 5) is 24.9. The zero-order valence-corrected chi connectivity index (χ0v) is 12.1. The molecule has 1 aromatic rings. The molecule has 25 heavy (non-hydrogen) atoms. The maximum atomic E-state index is 11.8. The van der Waals surface area contributed by atoms with Crippen molar-refractivity contribution in [2.75, 3.05) is 13.2 Å². The first-order chi connectivity index (χ1) is 11.5. The number of nitrogens with zero attached hydrogens (tertiary/aromatic N) is 1. The van der Waals surface area contributed by atoms with Crippen LogP contribution in [0.5, 0.6) is 0 Å². The van der Waals surface area contributed by atoms with E-state index in [2.05, 4.69) is 4.74 Å². The number of carbonyl (C=O) groups is 2. The molecule has 1 aromatic carbocycles. The van der Waals surface area contributed by atoms with E-state index in [1.54, 1.807) is 24.3 Å². The van der Waals surface area contributed by atoms with Crippen LogP contribution in [0.4, 0.5) is 26.3 Å². The Labute approximate surface area is 136 Å². The van der Waals surface area contributed by atoms with Crippen molar-refractivity contribution in [1.82, 2.24) is 4.90 Å². The smallest absolute Gasteiger partial charge is 0.371 e. The van der Waals surface area contributed by atoms with Crippen LogP contribution in [-0.2, 0) is 9.47 Å². The van der Waals surface area contributed by atoms with Gasteiger partial charge in [0.05, 0.1) is 30.4 Å². The molecule has 11 heteroatoms. The van der Waals surface area contributed by atoms with E-state index in [4.69, 9.17) is 4.74 Å². The van der Waals surface area contributed by atoms with Crippen LogP contribution in [0.2, 0.25) is 0 Å². The molecule has 3 heterocycles. The van der Waals surface area contributed by atoms with Crippen molar-refractivity contribution in [3.8, 4) is 0 Å².